The summed E-state index contributed by atoms with van der Waals surface area (Å²) in [5.74, 6) is -1.06. The second-order valence-electron chi connectivity index (χ2n) is 7.78. The van der Waals surface area contributed by atoms with Gasteiger partial charge in [0.2, 0.25) is 0 Å². The summed E-state index contributed by atoms with van der Waals surface area (Å²) in [6.45, 7) is 3.37. The lowest BCUT2D eigenvalue weighted by Crippen LogP contribution is -2.55. The zero-order valence-corrected chi connectivity index (χ0v) is 17.1. The third-order valence-corrected chi connectivity index (χ3v) is 6.78. The van der Waals surface area contributed by atoms with Crippen LogP contribution < -0.4 is 5.73 Å². The highest BCUT2D eigenvalue weighted by Crippen LogP contribution is 2.38. The molecule has 1 aromatic carbocycles. The highest BCUT2D eigenvalue weighted by molar-refractivity contribution is 7.89. The van der Waals surface area contributed by atoms with E-state index < -0.39 is 33.8 Å². The standard InChI is InChI=1S/C19H24F2N4O3S/c1-3-13-17(24-7-11-8-25(29(2,26)27)23-16(11)9-24)10-28-19(18(13)22)14-6-12(20)4-5-15(14)21/h4-6,8,13,17-19H,3,7,9-10,22H2,1-2H3/t13?,17-,18-,19+/m0/s1. The Bertz CT molecular complexity index is 1000. The number of nitrogens with two attached hydrogens (primary N) is 1. The predicted molar refractivity (Wildman–Crippen MR) is 102 cm³/mol. The van der Waals surface area contributed by atoms with Crippen molar-refractivity contribution >= 4 is 10.0 Å². The van der Waals surface area contributed by atoms with Gasteiger partial charge in [-0.2, -0.15) is 9.19 Å². The number of hydrogen-bond donors (Lipinski definition) is 1. The molecule has 10 heteroatoms. The van der Waals surface area contributed by atoms with Crippen molar-refractivity contribution < 1.29 is 21.9 Å². The highest BCUT2D eigenvalue weighted by atomic mass is 32.2. The Labute approximate surface area is 168 Å². The summed E-state index contributed by atoms with van der Waals surface area (Å²) in [7, 11) is -3.42. The normalized spacial score (nSPS) is 27.9. The molecule has 0 amide bonds. The van der Waals surface area contributed by atoms with Gasteiger partial charge < -0.3 is 10.5 Å². The third kappa shape index (κ3) is 3.70. The van der Waals surface area contributed by atoms with E-state index in [-0.39, 0.29) is 17.5 Å². The van der Waals surface area contributed by atoms with Crippen molar-refractivity contribution in [2.24, 2.45) is 11.7 Å². The molecule has 4 atom stereocenters. The van der Waals surface area contributed by atoms with Crippen LogP contribution >= 0.6 is 0 Å². The summed E-state index contributed by atoms with van der Waals surface area (Å²) in [5, 5.41) is 4.18. The molecule has 7 nitrogen and oxygen atoms in total. The van der Waals surface area contributed by atoms with E-state index in [1.807, 2.05) is 6.92 Å². The van der Waals surface area contributed by atoms with Crippen LogP contribution in [-0.4, -0.2) is 47.4 Å². The van der Waals surface area contributed by atoms with Gasteiger partial charge in [0.25, 0.3) is 10.0 Å². The summed E-state index contributed by atoms with van der Waals surface area (Å²) in [4.78, 5) is 2.16. The van der Waals surface area contributed by atoms with E-state index >= 15 is 0 Å². The predicted octanol–water partition coefficient (Wildman–Crippen LogP) is 1.78. The molecule has 158 valence electrons. The molecule has 2 N–H and O–H groups in total. The van der Waals surface area contributed by atoms with Crippen LogP contribution in [0.15, 0.2) is 24.4 Å². The maximum absolute atomic E-state index is 14.3. The summed E-state index contributed by atoms with van der Waals surface area (Å²) in [5.41, 5.74) is 8.18. The van der Waals surface area contributed by atoms with E-state index in [1.54, 1.807) is 6.20 Å². The molecule has 4 rings (SSSR count). The molecule has 0 aliphatic carbocycles. The van der Waals surface area contributed by atoms with Crippen LogP contribution in [-0.2, 0) is 27.8 Å². The maximum Gasteiger partial charge on any atom is 0.250 e. The first-order valence-electron chi connectivity index (χ1n) is 9.53. The summed E-state index contributed by atoms with van der Waals surface area (Å²) < 4.78 is 58.2. The first-order chi connectivity index (χ1) is 13.7. The molecule has 1 fully saturated rings. The van der Waals surface area contributed by atoms with Crippen molar-refractivity contribution in [3.8, 4) is 0 Å². The van der Waals surface area contributed by atoms with Crippen LogP contribution in [0.1, 0.15) is 36.3 Å². The smallest absolute Gasteiger partial charge is 0.250 e. The minimum Gasteiger partial charge on any atom is -0.370 e. The van der Waals surface area contributed by atoms with Crippen LogP contribution in [0, 0.1) is 17.6 Å². The number of benzene rings is 1. The van der Waals surface area contributed by atoms with Gasteiger partial charge in [0, 0.05) is 42.5 Å². The van der Waals surface area contributed by atoms with Gasteiger partial charge in [-0.05, 0) is 24.1 Å². The average molecular weight is 426 g/mol. The van der Waals surface area contributed by atoms with Gasteiger partial charge in [-0.3, -0.25) is 4.90 Å². The molecule has 0 radical (unpaired) electrons. The average Bonchev–Trinajstić information content (AvgIpc) is 3.22. The Balaban J connectivity index is 1.53. The fourth-order valence-corrected chi connectivity index (χ4v) is 4.99. The molecule has 2 aromatic rings. The molecular weight excluding hydrogens is 402 g/mol. The molecule has 29 heavy (non-hydrogen) atoms. The Morgan fingerprint density at radius 1 is 1.31 bits per heavy atom. The molecule has 1 saturated heterocycles. The Morgan fingerprint density at radius 2 is 2.07 bits per heavy atom. The van der Waals surface area contributed by atoms with Crippen LogP contribution in [0.25, 0.3) is 0 Å². The molecule has 0 bridgehead atoms. The van der Waals surface area contributed by atoms with Crippen LogP contribution in [0.3, 0.4) is 0 Å². The summed E-state index contributed by atoms with van der Waals surface area (Å²) in [6, 6.07) is 2.78. The third-order valence-electron chi connectivity index (χ3n) is 5.91. The lowest BCUT2D eigenvalue weighted by atomic mass is 9.81. The summed E-state index contributed by atoms with van der Waals surface area (Å²) in [6.07, 6.45) is 2.69. The number of fused-ring (bicyclic) bond motifs is 1. The minimum atomic E-state index is -3.42. The second-order valence-corrected chi connectivity index (χ2v) is 9.62. The summed E-state index contributed by atoms with van der Waals surface area (Å²) >= 11 is 0. The molecular formula is C19H24F2N4O3S. The maximum atomic E-state index is 14.3. The molecule has 0 saturated carbocycles. The number of ether oxygens (including phenoxy) is 1. The zero-order valence-electron chi connectivity index (χ0n) is 16.3. The monoisotopic (exact) mass is 426 g/mol. The quantitative estimate of drug-likeness (QED) is 0.802. The topological polar surface area (TPSA) is 90.5 Å². The number of halogens is 2. The van der Waals surface area contributed by atoms with Crippen LogP contribution in [0.4, 0.5) is 8.78 Å². The zero-order chi connectivity index (χ0) is 20.9. The van der Waals surface area contributed by atoms with Crippen molar-refractivity contribution in [1.29, 1.82) is 0 Å². The minimum absolute atomic E-state index is 0.00227. The van der Waals surface area contributed by atoms with E-state index in [2.05, 4.69) is 10.00 Å². The number of aromatic nitrogens is 2. The van der Waals surface area contributed by atoms with Crippen molar-refractivity contribution in [2.75, 3.05) is 12.9 Å². The highest BCUT2D eigenvalue weighted by Gasteiger charge is 2.43. The van der Waals surface area contributed by atoms with E-state index in [1.165, 1.54) is 0 Å². The molecule has 2 aliphatic rings. The van der Waals surface area contributed by atoms with Gasteiger partial charge in [-0.1, -0.05) is 13.3 Å². The lowest BCUT2D eigenvalue weighted by Gasteiger charge is -2.44. The molecule has 0 spiro atoms. The van der Waals surface area contributed by atoms with Gasteiger partial charge >= 0.3 is 0 Å². The Hall–Kier alpha value is -1.88. The molecule has 2 aliphatic heterocycles. The largest absolute Gasteiger partial charge is 0.370 e. The molecule has 3 heterocycles. The van der Waals surface area contributed by atoms with Crippen molar-refractivity contribution in [1.82, 2.24) is 14.1 Å². The first kappa shape index (κ1) is 20.4. The molecule has 1 unspecified atom stereocenters. The van der Waals surface area contributed by atoms with Gasteiger partial charge in [-0.15, -0.1) is 0 Å². The van der Waals surface area contributed by atoms with Crippen LogP contribution in [0.5, 0.6) is 0 Å². The Kier molecular flexibility index (Phi) is 5.22. The van der Waals surface area contributed by atoms with E-state index in [0.717, 1.165) is 46.2 Å². The van der Waals surface area contributed by atoms with Crippen molar-refractivity contribution in [2.45, 2.75) is 44.6 Å². The van der Waals surface area contributed by atoms with E-state index in [4.69, 9.17) is 10.5 Å². The number of nitrogens with zero attached hydrogens (tertiary/aromatic N) is 3. The van der Waals surface area contributed by atoms with Gasteiger partial charge in [0.15, 0.2) is 0 Å². The van der Waals surface area contributed by atoms with Gasteiger partial charge in [-0.25, -0.2) is 17.2 Å². The van der Waals surface area contributed by atoms with Gasteiger partial charge in [0.05, 0.1) is 18.6 Å². The number of rotatable bonds is 4. The SMILES string of the molecule is CCC1[C@H](N)[C@@H](c2cc(F)ccc2F)OC[C@@H]1N1Cc2cn(S(C)(=O)=O)nc2C1. The molecule has 1 aromatic heterocycles. The van der Waals surface area contributed by atoms with Crippen LogP contribution in [0.2, 0.25) is 0 Å². The van der Waals surface area contributed by atoms with E-state index in [0.29, 0.717) is 19.7 Å². The first-order valence-corrected chi connectivity index (χ1v) is 11.4. The fraction of sp³-hybridized carbons (Fsp3) is 0.526. The van der Waals surface area contributed by atoms with Gasteiger partial charge in [0.1, 0.15) is 17.7 Å². The van der Waals surface area contributed by atoms with E-state index in [9.17, 15) is 17.2 Å². The second kappa shape index (κ2) is 7.42. The van der Waals surface area contributed by atoms with Crippen molar-refractivity contribution in [3.05, 3.63) is 52.9 Å². The number of hydrogen-bond acceptors (Lipinski definition) is 6. The fourth-order valence-electron chi connectivity index (χ4n) is 4.42. The Morgan fingerprint density at radius 3 is 2.72 bits per heavy atom. The van der Waals surface area contributed by atoms with Crippen molar-refractivity contribution in [3.63, 3.8) is 0 Å². The lowest BCUT2D eigenvalue weighted by molar-refractivity contribution is -0.0862.